The Bertz CT molecular complexity index is 591. The van der Waals surface area contributed by atoms with Gasteiger partial charge in [-0.25, -0.2) is 8.78 Å². The van der Waals surface area contributed by atoms with Gasteiger partial charge >= 0.3 is 0 Å². The maximum Gasteiger partial charge on any atom is 0.197 e. The van der Waals surface area contributed by atoms with Gasteiger partial charge in [0.25, 0.3) is 0 Å². The summed E-state index contributed by atoms with van der Waals surface area (Å²) in [4.78, 5) is 0. The maximum atomic E-state index is 13.9. The summed E-state index contributed by atoms with van der Waals surface area (Å²) < 4.78 is 32.7. The summed E-state index contributed by atoms with van der Waals surface area (Å²) in [6.07, 6.45) is 1.39. The van der Waals surface area contributed by atoms with Crippen LogP contribution in [0.25, 0.3) is 0 Å². The number of nitrogens with two attached hydrogens (primary N) is 1. The van der Waals surface area contributed by atoms with Crippen molar-refractivity contribution in [3.05, 3.63) is 56.9 Å². The first-order valence-electron chi connectivity index (χ1n) is 5.36. The van der Waals surface area contributed by atoms with Gasteiger partial charge in [-0.15, -0.1) is 0 Å². The third-order valence-electron chi connectivity index (χ3n) is 2.77. The Morgan fingerprint density at radius 2 is 2.11 bits per heavy atom. The summed E-state index contributed by atoms with van der Waals surface area (Å²) in [5.74, 6) is 4.12. The molecule has 7 heteroatoms. The van der Waals surface area contributed by atoms with Gasteiger partial charge in [-0.05, 0) is 52.2 Å². The molecule has 0 radical (unpaired) electrons. The van der Waals surface area contributed by atoms with Gasteiger partial charge in [0.1, 0.15) is 11.6 Å². The van der Waals surface area contributed by atoms with E-state index in [1.807, 2.05) is 0 Å². The van der Waals surface area contributed by atoms with Crippen molar-refractivity contribution in [2.24, 2.45) is 5.84 Å². The Hall–Kier alpha value is -0.950. The van der Waals surface area contributed by atoms with Crippen molar-refractivity contribution in [2.75, 3.05) is 0 Å². The van der Waals surface area contributed by atoms with Crippen LogP contribution in [0, 0.1) is 11.6 Å². The lowest BCUT2D eigenvalue weighted by Gasteiger charge is -2.16. The summed E-state index contributed by atoms with van der Waals surface area (Å²) in [6, 6.07) is 3.54. The molecule has 1 heterocycles. The zero-order chi connectivity index (χ0) is 14.0. The Morgan fingerprint density at radius 3 is 2.68 bits per heavy atom. The number of halogens is 4. The van der Waals surface area contributed by atoms with Gasteiger partial charge in [0.05, 0.1) is 16.8 Å². The van der Waals surface area contributed by atoms with Crippen LogP contribution in [0.1, 0.15) is 17.2 Å². The molecule has 0 amide bonds. The summed E-state index contributed by atoms with van der Waals surface area (Å²) in [5, 5.41) is 0.138. The SMILES string of the molecule is NNC(Cc1c(F)ccc(Br)c1F)c1ccoc1Cl. The van der Waals surface area contributed by atoms with Crippen molar-refractivity contribution in [3.8, 4) is 0 Å². The molecule has 1 aromatic carbocycles. The van der Waals surface area contributed by atoms with Crippen LogP contribution in [0.15, 0.2) is 33.4 Å². The number of hydrogen-bond donors (Lipinski definition) is 2. The summed E-state index contributed by atoms with van der Waals surface area (Å²) >= 11 is 8.85. The average molecular weight is 352 g/mol. The molecule has 0 aliphatic rings. The van der Waals surface area contributed by atoms with E-state index in [1.165, 1.54) is 18.4 Å². The van der Waals surface area contributed by atoms with Crippen molar-refractivity contribution >= 4 is 27.5 Å². The highest BCUT2D eigenvalue weighted by Crippen LogP contribution is 2.29. The van der Waals surface area contributed by atoms with Crippen LogP contribution in [0.2, 0.25) is 5.22 Å². The van der Waals surface area contributed by atoms with Crippen molar-refractivity contribution in [3.63, 3.8) is 0 Å². The molecule has 1 atom stereocenters. The molecule has 2 rings (SSSR count). The normalized spacial score (nSPS) is 12.7. The fraction of sp³-hybridized carbons (Fsp3) is 0.167. The first-order chi connectivity index (χ1) is 9.04. The highest BCUT2D eigenvalue weighted by Gasteiger charge is 2.21. The number of hydrazine groups is 1. The standard InChI is InChI=1S/C12H10BrClF2N2O/c13-8-1-2-9(15)7(11(8)16)5-10(18-17)6-3-4-19-12(6)14/h1-4,10,18H,5,17H2. The molecule has 2 aromatic rings. The predicted octanol–water partition coefficient (Wildman–Crippen LogP) is 3.72. The van der Waals surface area contributed by atoms with Crippen LogP contribution in [0.5, 0.6) is 0 Å². The third kappa shape index (κ3) is 2.97. The molecule has 102 valence electrons. The van der Waals surface area contributed by atoms with Crippen LogP contribution in [0.4, 0.5) is 8.78 Å². The smallest absolute Gasteiger partial charge is 0.197 e. The van der Waals surface area contributed by atoms with Crippen molar-refractivity contribution < 1.29 is 13.2 Å². The second-order valence-electron chi connectivity index (χ2n) is 3.89. The fourth-order valence-corrected chi connectivity index (χ4v) is 2.39. The average Bonchev–Trinajstić information content (AvgIpc) is 2.81. The van der Waals surface area contributed by atoms with E-state index < -0.39 is 17.7 Å². The fourth-order valence-electron chi connectivity index (χ4n) is 1.77. The number of nitrogens with one attached hydrogen (secondary N) is 1. The molecule has 19 heavy (non-hydrogen) atoms. The lowest BCUT2D eigenvalue weighted by molar-refractivity contribution is 0.491. The zero-order valence-corrected chi connectivity index (χ0v) is 11.9. The highest BCUT2D eigenvalue weighted by molar-refractivity contribution is 9.10. The van der Waals surface area contributed by atoms with Crippen molar-refractivity contribution in [2.45, 2.75) is 12.5 Å². The lowest BCUT2D eigenvalue weighted by atomic mass is 10.0. The number of rotatable bonds is 4. The minimum Gasteiger partial charge on any atom is -0.453 e. The van der Waals surface area contributed by atoms with Crippen molar-refractivity contribution in [1.82, 2.24) is 5.43 Å². The Kier molecular flexibility index (Phi) is 4.57. The number of hydrogen-bond acceptors (Lipinski definition) is 3. The summed E-state index contributed by atoms with van der Waals surface area (Å²) in [7, 11) is 0. The van der Waals surface area contributed by atoms with E-state index in [0.717, 1.165) is 0 Å². The van der Waals surface area contributed by atoms with E-state index in [9.17, 15) is 8.78 Å². The van der Waals surface area contributed by atoms with E-state index in [4.69, 9.17) is 21.9 Å². The minimum atomic E-state index is -0.653. The van der Waals surface area contributed by atoms with E-state index in [-0.39, 0.29) is 21.7 Å². The molecular formula is C12H10BrClF2N2O. The van der Waals surface area contributed by atoms with Gasteiger partial charge < -0.3 is 4.42 Å². The van der Waals surface area contributed by atoms with Gasteiger partial charge in [-0.1, -0.05) is 0 Å². The monoisotopic (exact) mass is 350 g/mol. The summed E-state index contributed by atoms with van der Waals surface area (Å²) in [6.45, 7) is 0. The van der Waals surface area contributed by atoms with Gasteiger partial charge in [0.2, 0.25) is 0 Å². The molecule has 1 unspecified atom stereocenters. The third-order valence-corrected chi connectivity index (χ3v) is 3.69. The molecule has 0 spiro atoms. The van der Waals surface area contributed by atoms with Crippen LogP contribution in [0.3, 0.4) is 0 Å². The second-order valence-corrected chi connectivity index (χ2v) is 5.09. The first kappa shape index (κ1) is 14.5. The molecule has 3 nitrogen and oxygen atoms in total. The Morgan fingerprint density at radius 1 is 1.37 bits per heavy atom. The molecule has 0 saturated carbocycles. The zero-order valence-electron chi connectivity index (χ0n) is 9.59. The van der Waals surface area contributed by atoms with E-state index in [2.05, 4.69) is 21.4 Å². The first-order valence-corrected chi connectivity index (χ1v) is 6.53. The molecule has 0 fully saturated rings. The van der Waals surface area contributed by atoms with Gasteiger partial charge in [0.15, 0.2) is 5.22 Å². The van der Waals surface area contributed by atoms with E-state index >= 15 is 0 Å². The highest BCUT2D eigenvalue weighted by atomic mass is 79.9. The van der Waals surface area contributed by atoms with Gasteiger partial charge in [0, 0.05) is 11.1 Å². The molecule has 0 saturated heterocycles. The molecule has 0 bridgehead atoms. The van der Waals surface area contributed by atoms with Crippen LogP contribution < -0.4 is 11.3 Å². The van der Waals surface area contributed by atoms with E-state index in [1.54, 1.807) is 6.07 Å². The van der Waals surface area contributed by atoms with Gasteiger partial charge in [-0.3, -0.25) is 11.3 Å². The van der Waals surface area contributed by atoms with E-state index in [0.29, 0.717) is 5.56 Å². The Labute approximate surface area is 121 Å². The largest absolute Gasteiger partial charge is 0.453 e. The Balaban J connectivity index is 2.34. The van der Waals surface area contributed by atoms with Crippen LogP contribution >= 0.6 is 27.5 Å². The van der Waals surface area contributed by atoms with Crippen molar-refractivity contribution in [1.29, 1.82) is 0 Å². The minimum absolute atomic E-state index is 0.00681. The number of furan rings is 1. The molecule has 1 aromatic heterocycles. The maximum absolute atomic E-state index is 13.9. The quantitative estimate of drug-likeness (QED) is 0.501. The lowest BCUT2D eigenvalue weighted by Crippen LogP contribution is -2.30. The number of benzene rings is 1. The topological polar surface area (TPSA) is 51.2 Å². The molecule has 0 aliphatic carbocycles. The molecular weight excluding hydrogens is 341 g/mol. The molecule has 0 aliphatic heterocycles. The predicted molar refractivity (Wildman–Crippen MR) is 71.5 cm³/mol. The second kappa shape index (κ2) is 6.00. The van der Waals surface area contributed by atoms with Crippen LogP contribution in [-0.2, 0) is 6.42 Å². The van der Waals surface area contributed by atoms with Gasteiger partial charge in [-0.2, -0.15) is 0 Å². The molecule has 3 N–H and O–H groups in total. The van der Waals surface area contributed by atoms with Crippen LogP contribution in [-0.4, -0.2) is 0 Å². The summed E-state index contributed by atoms with van der Waals surface area (Å²) in [5.41, 5.74) is 2.94.